The lowest BCUT2D eigenvalue weighted by molar-refractivity contribution is 1.39. The molecule has 1 unspecified atom stereocenters. The highest BCUT2D eigenvalue weighted by atomic mass is 35.5. The van der Waals surface area contributed by atoms with Crippen LogP contribution in [-0.4, -0.2) is 9.92 Å². The smallest absolute Gasteiger partial charge is 0.125 e. The summed E-state index contributed by atoms with van der Waals surface area (Å²) in [6, 6.07) is 8.32. The minimum atomic E-state index is 0.389. The predicted octanol–water partition coefficient (Wildman–Crippen LogP) is 3.42. The van der Waals surface area contributed by atoms with Crippen molar-refractivity contribution in [2.24, 2.45) is 0 Å². The topological polar surface area (TPSA) is 12.0 Å². The van der Waals surface area contributed by atoms with Crippen LogP contribution in [0.1, 0.15) is 0 Å². The van der Waals surface area contributed by atoms with E-state index < -0.39 is 0 Å². The highest BCUT2D eigenvalue weighted by Gasteiger charge is 2.19. The van der Waals surface area contributed by atoms with E-state index in [1.165, 1.54) is 10.6 Å². The lowest BCUT2D eigenvalue weighted by atomic mass is 10.3. The van der Waals surface area contributed by atoms with Crippen molar-refractivity contribution in [3.63, 3.8) is 0 Å². The lowest BCUT2D eigenvalue weighted by Crippen LogP contribution is -2.03. The van der Waals surface area contributed by atoms with Crippen LogP contribution in [0.2, 0.25) is 0 Å². The maximum absolute atomic E-state index is 5.63. The van der Waals surface area contributed by atoms with Gasteiger partial charge in [0.25, 0.3) is 0 Å². The molecular formula is C8H8ClNS2. The Labute approximate surface area is 85.3 Å². The molecule has 0 aliphatic carbocycles. The Morgan fingerprint density at radius 1 is 1.50 bits per heavy atom. The molecular weight excluding hydrogens is 210 g/mol. The first kappa shape index (κ1) is 8.60. The zero-order valence-corrected chi connectivity index (χ0v) is 8.68. The van der Waals surface area contributed by atoms with Crippen LogP contribution in [0.25, 0.3) is 0 Å². The van der Waals surface area contributed by atoms with E-state index in [0.29, 0.717) is 9.92 Å². The number of hydrogen-bond donors (Lipinski definition) is 1. The summed E-state index contributed by atoms with van der Waals surface area (Å²) in [7, 11) is 0. The molecule has 12 heavy (non-hydrogen) atoms. The van der Waals surface area contributed by atoms with Gasteiger partial charge in [-0.25, -0.2) is 0 Å². The second kappa shape index (κ2) is 3.81. The van der Waals surface area contributed by atoms with Crippen LogP contribution in [0.15, 0.2) is 29.2 Å². The quantitative estimate of drug-likeness (QED) is 0.763. The average molecular weight is 218 g/mol. The third kappa shape index (κ3) is 1.68. The second-order valence-electron chi connectivity index (χ2n) is 2.37. The normalized spacial score (nSPS) is 20.2. The molecule has 1 aliphatic heterocycles. The summed E-state index contributed by atoms with van der Waals surface area (Å²) in [5.41, 5.74) is 1.23. The summed E-state index contributed by atoms with van der Waals surface area (Å²) >= 11 is 9.17. The number of fused-ring (bicyclic) bond motifs is 1. The molecule has 1 heterocycles. The molecule has 4 heteroatoms. The van der Waals surface area contributed by atoms with Gasteiger partial charge in [0.15, 0.2) is 0 Å². The number of benzene rings is 1. The van der Waals surface area contributed by atoms with Gasteiger partial charge in [-0.2, -0.15) is 0 Å². The number of anilines is 1. The molecule has 1 aromatic carbocycles. The highest BCUT2D eigenvalue weighted by molar-refractivity contribution is 8.17. The Bertz CT molecular complexity index is 255. The molecule has 0 aromatic heterocycles. The number of rotatable bonds is 2. The van der Waals surface area contributed by atoms with Crippen molar-refractivity contribution < 1.29 is 0 Å². The van der Waals surface area contributed by atoms with Gasteiger partial charge in [0.2, 0.25) is 0 Å². The third-order valence-electron chi connectivity index (χ3n) is 1.61. The van der Waals surface area contributed by atoms with E-state index in [4.69, 9.17) is 11.6 Å². The Balaban J connectivity index is 2.11. The van der Waals surface area contributed by atoms with Crippen molar-refractivity contribution in [1.82, 2.24) is 0 Å². The largest absolute Gasteiger partial charge is 0.364 e. The van der Waals surface area contributed by atoms with E-state index in [0.717, 1.165) is 0 Å². The Morgan fingerprint density at radius 3 is 3.08 bits per heavy atom. The molecule has 0 amide bonds. The fraction of sp³-hybridized carbons (Fsp3) is 0.250. The van der Waals surface area contributed by atoms with E-state index >= 15 is 0 Å². The Kier molecular flexibility index (Phi) is 2.73. The number of halogens is 1. The van der Waals surface area contributed by atoms with Crippen molar-refractivity contribution in [3.05, 3.63) is 24.3 Å². The number of hydrogen-bond acceptors (Lipinski definition) is 3. The molecule has 1 aromatic rings. The maximum atomic E-state index is 5.63. The van der Waals surface area contributed by atoms with Gasteiger partial charge in [-0.05, 0) is 12.1 Å². The minimum Gasteiger partial charge on any atom is -0.364 e. The van der Waals surface area contributed by atoms with Gasteiger partial charge in [-0.1, -0.05) is 23.9 Å². The fourth-order valence-electron chi connectivity index (χ4n) is 1.09. The van der Waals surface area contributed by atoms with Crippen molar-refractivity contribution in [2.45, 2.75) is 9.60 Å². The molecule has 64 valence electrons. The standard InChI is InChI=1S/C8H8ClNS2/c9-5-11-8-10-6-3-1-2-4-7(6)12-8/h1-4,8,10H,5H2. The first-order chi connectivity index (χ1) is 5.90. The summed E-state index contributed by atoms with van der Waals surface area (Å²) in [6.45, 7) is 0. The summed E-state index contributed by atoms with van der Waals surface area (Å²) in [5.74, 6) is 0. The van der Waals surface area contributed by atoms with E-state index in [-0.39, 0.29) is 0 Å². The van der Waals surface area contributed by atoms with E-state index in [9.17, 15) is 0 Å². The van der Waals surface area contributed by atoms with Gasteiger partial charge in [0.1, 0.15) is 4.71 Å². The van der Waals surface area contributed by atoms with E-state index in [1.54, 1.807) is 11.8 Å². The highest BCUT2D eigenvalue weighted by Crippen LogP contribution is 2.42. The van der Waals surface area contributed by atoms with Crippen LogP contribution >= 0.6 is 35.1 Å². The van der Waals surface area contributed by atoms with Crippen LogP contribution in [0.3, 0.4) is 0 Å². The van der Waals surface area contributed by atoms with Crippen LogP contribution in [0.5, 0.6) is 0 Å². The summed E-state index contributed by atoms with van der Waals surface area (Å²) in [4.78, 5) is 1.32. The number of alkyl halides is 1. The van der Waals surface area contributed by atoms with Crippen molar-refractivity contribution in [2.75, 3.05) is 10.5 Å². The van der Waals surface area contributed by atoms with Crippen LogP contribution in [-0.2, 0) is 0 Å². The average Bonchev–Trinajstić information content (AvgIpc) is 2.47. The summed E-state index contributed by atoms with van der Waals surface area (Å²) in [5, 5.41) is 4.01. The molecule has 1 N–H and O–H groups in total. The van der Waals surface area contributed by atoms with Gasteiger partial charge in [-0.15, -0.1) is 23.4 Å². The van der Waals surface area contributed by atoms with E-state index in [2.05, 4.69) is 23.5 Å². The monoisotopic (exact) mass is 217 g/mol. The molecule has 0 spiro atoms. The second-order valence-corrected chi connectivity index (χ2v) is 5.49. The fourth-order valence-corrected chi connectivity index (χ4v) is 3.63. The molecule has 0 saturated carbocycles. The van der Waals surface area contributed by atoms with Crippen molar-refractivity contribution >= 4 is 40.8 Å². The third-order valence-corrected chi connectivity index (χ3v) is 4.17. The molecule has 1 nitrogen and oxygen atoms in total. The molecule has 1 atom stereocenters. The Hall–Kier alpha value is 0.01000. The first-order valence-corrected chi connectivity index (χ1v) is 6.06. The number of para-hydroxylation sites is 1. The molecule has 1 aliphatic rings. The van der Waals surface area contributed by atoms with Gasteiger partial charge in [0, 0.05) is 10.6 Å². The molecule has 0 saturated heterocycles. The van der Waals surface area contributed by atoms with Gasteiger partial charge in [0.05, 0.1) is 5.21 Å². The van der Waals surface area contributed by atoms with Gasteiger partial charge < -0.3 is 5.32 Å². The predicted molar refractivity (Wildman–Crippen MR) is 58.0 cm³/mol. The molecule has 0 radical (unpaired) electrons. The molecule has 2 rings (SSSR count). The summed E-state index contributed by atoms with van der Waals surface area (Å²) in [6.07, 6.45) is 0. The first-order valence-electron chi connectivity index (χ1n) is 3.60. The molecule has 0 bridgehead atoms. The Morgan fingerprint density at radius 2 is 2.33 bits per heavy atom. The van der Waals surface area contributed by atoms with Gasteiger partial charge in [-0.3, -0.25) is 0 Å². The van der Waals surface area contributed by atoms with Crippen LogP contribution < -0.4 is 5.32 Å². The zero-order chi connectivity index (χ0) is 8.39. The van der Waals surface area contributed by atoms with Crippen LogP contribution in [0.4, 0.5) is 5.69 Å². The lowest BCUT2D eigenvalue weighted by Gasteiger charge is -2.05. The minimum absolute atomic E-state index is 0.389. The van der Waals surface area contributed by atoms with E-state index in [1.807, 2.05) is 17.8 Å². The number of thioether (sulfide) groups is 2. The molecule has 0 fully saturated rings. The van der Waals surface area contributed by atoms with Crippen molar-refractivity contribution in [3.8, 4) is 0 Å². The SMILES string of the molecule is ClCSC1Nc2ccccc2S1. The van der Waals surface area contributed by atoms with Crippen molar-refractivity contribution in [1.29, 1.82) is 0 Å². The zero-order valence-electron chi connectivity index (χ0n) is 6.29. The summed E-state index contributed by atoms with van der Waals surface area (Å²) < 4.78 is 0.389. The van der Waals surface area contributed by atoms with Crippen LogP contribution in [0, 0.1) is 0 Å². The number of nitrogens with one attached hydrogen (secondary N) is 1. The van der Waals surface area contributed by atoms with Gasteiger partial charge >= 0.3 is 0 Å². The maximum Gasteiger partial charge on any atom is 0.125 e.